The van der Waals surface area contributed by atoms with E-state index in [1.807, 2.05) is 6.20 Å². The molecule has 1 aromatic heterocycles. The maximum atomic E-state index is 10.6. The number of nitrogens with zero attached hydrogens (tertiary/aromatic N) is 2. The van der Waals surface area contributed by atoms with Crippen molar-refractivity contribution >= 4 is 17.3 Å². The Labute approximate surface area is 183 Å². The zero-order valence-corrected chi connectivity index (χ0v) is 18.1. The second kappa shape index (κ2) is 11.6. The van der Waals surface area contributed by atoms with Crippen LogP contribution >= 0.6 is 11.3 Å². The highest BCUT2D eigenvalue weighted by atomic mass is 32.1. The molecule has 3 aliphatic rings. The van der Waals surface area contributed by atoms with E-state index < -0.39 is 12.1 Å². The Hall–Kier alpha value is -1.27. The van der Waals surface area contributed by atoms with Crippen molar-refractivity contribution in [2.45, 2.75) is 63.1 Å². The molecule has 11 heteroatoms. The average Bonchev–Trinajstić information content (AvgIpc) is 3.39. The molecule has 4 rings (SSSR count). The molecule has 0 aromatic carbocycles. The van der Waals surface area contributed by atoms with Gasteiger partial charge in [-0.25, -0.2) is 9.78 Å². The second-order valence-corrected chi connectivity index (χ2v) is 9.00. The Kier molecular flexibility index (Phi) is 9.08. The van der Waals surface area contributed by atoms with Gasteiger partial charge in [-0.1, -0.05) is 0 Å². The first-order valence-electron chi connectivity index (χ1n) is 10.6. The van der Waals surface area contributed by atoms with Gasteiger partial charge >= 0.3 is 12.1 Å². The van der Waals surface area contributed by atoms with E-state index in [0.29, 0.717) is 18.1 Å². The average molecular weight is 467 g/mol. The third-order valence-electron chi connectivity index (χ3n) is 5.81. The van der Waals surface area contributed by atoms with Crippen LogP contribution in [0.5, 0.6) is 0 Å². The van der Waals surface area contributed by atoms with E-state index in [1.165, 1.54) is 11.4 Å². The number of hydrogen-bond donors (Lipinski definition) is 1. The van der Waals surface area contributed by atoms with Gasteiger partial charge in [-0.3, -0.25) is 4.90 Å². The van der Waals surface area contributed by atoms with Crippen molar-refractivity contribution in [3.63, 3.8) is 0 Å². The summed E-state index contributed by atoms with van der Waals surface area (Å²) in [7, 11) is 0. The number of alkyl halides is 3. The van der Waals surface area contributed by atoms with Crippen molar-refractivity contribution in [2.75, 3.05) is 33.0 Å². The van der Waals surface area contributed by atoms with E-state index in [1.54, 1.807) is 11.3 Å². The third kappa shape index (κ3) is 7.67. The van der Waals surface area contributed by atoms with E-state index in [0.717, 1.165) is 65.2 Å². The highest BCUT2D eigenvalue weighted by molar-refractivity contribution is 7.09. The number of aliphatic carboxylic acids is 1. The summed E-state index contributed by atoms with van der Waals surface area (Å²) in [5.41, 5.74) is 0. The van der Waals surface area contributed by atoms with Gasteiger partial charge in [0.2, 0.25) is 0 Å². The zero-order chi connectivity index (χ0) is 22.3. The normalized spacial score (nSPS) is 27.4. The van der Waals surface area contributed by atoms with Crippen LogP contribution in [0.15, 0.2) is 11.6 Å². The third-order valence-corrected chi connectivity index (χ3v) is 6.58. The lowest BCUT2D eigenvalue weighted by Crippen LogP contribution is -2.43. The molecule has 0 aliphatic carbocycles. The first kappa shape index (κ1) is 24.4. The number of aromatic nitrogens is 1. The van der Waals surface area contributed by atoms with Crippen LogP contribution in [-0.4, -0.2) is 78.4 Å². The summed E-state index contributed by atoms with van der Waals surface area (Å²) in [6.45, 7) is 5.53. The first-order valence-corrected chi connectivity index (χ1v) is 11.4. The van der Waals surface area contributed by atoms with Crippen LogP contribution in [-0.2, 0) is 25.5 Å². The molecule has 0 saturated carbocycles. The number of carboxylic acid groups (broad SMARTS) is 1. The number of carbonyl (C=O) groups is 1. The fourth-order valence-corrected chi connectivity index (χ4v) is 4.83. The monoisotopic (exact) mass is 466 g/mol. The van der Waals surface area contributed by atoms with Crippen LogP contribution in [0.25, 0.3) is 0 Å². The number of halogens is 3. The van der Waals surface area contributed by atoms with Gasteiger partial charge in [-0.05, 0) is 38.0 Å². The summed E-state index contributed by atoms with van der Waals surface area (Å²) >= 11 is 1.75. The molecule has 3 aliphatic heterocycles. The van der Waals surface area contributed by atoms with Gasteiger partial charge in [0.15, 0.2) is 0 Å². The summed E-state index contributed by atoms with van der Waals surface area (Å²) in [4.78, 5) is 15.9. The van der Waals surface area contributed by atoms with E-state index in [2.05, 4.69) is 15.3 Å². The van der Waals surface area contributed by atoms with Crippen molar-refractivity contribution < 1.29 is 37.3 Å². The molecule has 4 heterocycles. The fourth-order valence-electron chi connectivity index (χ4n) is 4.19. The van der Waals surface area contributed by atoms with Crippen LogP contribution < -0.4 is 0 Å². The lowest BCUT2D eigenvalue weighted by Gasteiger charge is -2.36. The highest BCUT2D eigenvalue weighted by Crippen LogP contribution is 2.33. The van der Waals surface area contributed by atoms with Crippen molar-refractivity contribution in [3.05, 3.63) is 16.6 Å². The van der Waals surface area contributed by atoms with Crippen molar-refractivity contribution in [3.8, 4) is 0 Å². The Morgan fingerprint density at radius 2 is 1.97 bits per heavy atom. The fraction of sp³-hybridized carbons (Fsp3) is 0.800. The van der Waals surface area contributed by atoms with Gasteiger partial charge in [-0.2, -0.15) is 13.2 Å². The first-order chi connectivity index (χ1) is 14.8. The van der Waals surface area contributed by atoms with Crippen LogP contribution in [0.2, 0.25) is 0 Å². The maximum Gasteiger partial charge on any atom is 0.490 e. The summed E-state index contributed by atoms with van der Waals surface area (Å²) in [5.74, 6) is -2.08. The Balaban J connectivity index is 0.000000339. The molecule has 3 fully saturated rings. The minimum Gasteiger partial charge on any atom is -0.475 e. The number of rotatable bonds is 6. The van der Waals surface area contributed by atoms with Gasteiger partial charge in [0.25, 0.3) is 0 Å². The van der Waals surface area contributed by atoms with Gasteiger partial charge in [0.05, 0.1) is 25.4 Å². The number of carboxylic acids is 1. The molecule has 3 saturated heterocycles. The van der Waals surface area contributed by atoms with E-state index in [-0.39, 0.29) is 6.10 Å². The molecule has 1 N–H and O–H groups in total. The Morgan fingerprint density at radius 3 is 2.61 bits per heavy atom. The summed E-state index contributed by atoms with van der Waals surface area (Å²) in [6.07, 6.45) is 3.25. The number of likely N-dealkylation sites (tertiary alicyclic amines) is 1. The standard InChI is InChI=1S/C18H28N2O3S.C2HF3O2/c1-2-16-17(3-7-20(16)11-18-19-6-10-24-18)23-15(1)13-22-12-14-4-8-21-9-5-14;3-2(4,5)1(6)7/h6,10,14-17H,1-5,7-9,11-13H2;(H,6,7)/t15-,16-,17-;/m1./s1. The lowest BCUT2D eigenvalue weighted by atomic mass is 9.99. The number of hydrogen-bond acceptors (Lipinski definition) is 7. The molecule has 176 valence electrons. The van der Waals surface area contributed by atoms with E-state index in [4.69, 9.17) is 24.1 Å². The second-order valence-electron chi connectivity index (χ2n) is 8.02. The minimum atomic E-state index is -5.08. The summed E-state index contributed by atoms with van der Waals surface area (Å²) in [5, 5.41) is 10.4. The summed E-state index contributed by atoms with van der Waals surface area (Å²) < 4.78 is 49.4. The molecular weight excluding hydrogens is 437 g/mol. The maximum absolute atomic E-state index is 10.6. The molecule has 0 spiro atoms. The highest BCUT2D eigenvalue weighted by Gasteiger charge is 2.40. The molecule has 0 radical (unpaired) electrons. The largest absolute Gasteiger partial charge is 0.490 e. The Bertz CT molecular complexity index is 670. The zero-order valence-electron chi connectivity index (χ0n) is 17.3. The van der Waals surface area contributed by atoms with Crippen LogP contribution in [0.1, 0.15) is 37.1 Å². The van der Waals surface area contributed by atoms with E-state index in [9.17, 15) is 13.2 Å². The molecule has 0 bridgehead atoms. The SMILES string of the molecule is O=C(O)C(F)(F)F.c1csc(CN2CC[C@H]3O[C@@H](COCC4CCOCC4)CC[C@H]32)n1. The van der Waals surface area contributed by atoms with Gasteiger partial charge in [0.1, 0.15) is 5.01 Å². The number of ether oxygens (including phenoxy) is 3. The van der Waals surface area contributed by atoms with Crippen LogP contribution in [0.4, 0.5) is 13.2 Å². The van der Waals surface area contributed by atoms with Crippen molar-refractivity contribution in [2.24, 2.45) is 5.92 Å². The van der Waals surface area contributed by atoms with Gasteiger partial charge < -0.3 is 19.3 Å². The van der Waals surface area contributed by atoms with Gasteiger partial charge in [-0.15, -0.1) is 11.3 Å². The minimum absolute atomic E-state index is 0.283. The van der Waals surface area contributed by atoms with Crippen molar-refractivity contribution in [1.29, 1.82) is 0 Å². The number of thiazole rings is 1. The Morgan fingerprint density at radius 1 is 1.23 bits per heavy atom. The molecule has 0 amide bonds. The topological polar surface area (TPSA) is 81.1 Å². The predicted octanol–water partition coefficient (Wildman–Crippen LogP) is 3.34. The number of fused-ring (bicyclic) bond motifs is 1. The smallest absolute Gasteiger partial charge is 0.475 e. The summed E-state index contributed by atoms with van der Waals surface area (Å²) in [6, 6.07) is 0.570. The predicted molar refractivity (Wildman–Crippen MR) is 107 cm³/mol. The molecule has 1 aromatic rings. The van der Waals surface area contributed by atoms with Crippen LogP contribution in [0, 0.1) is 5.92 Å². The lowest BCUT2D eigenvalue weighted by molar-refractivity contribution is -0.192. The van der Waals surface area contributed by atoms with E-state index >= 15 is 0 Å². The molecule has 0 unspecified atom stereocenters. The van der Waals surface area contributed by atoms with Crippen molar-refractivity contribution in [1.82, 2.24) is 9.88 Å². The molecule has 3 atom stereocenters. The van der Waals surface area contributed by atoms with Gasteiger partial charge in [0, 0.05) is 44.0 Å². The van der Waals surface area contributed by atoms with Crippen LogP contribution in [0.3, 0.4) is 0 Å². The molecular formula is C20H29F3N2O5S. The molecule has 7 nitrogen and oxygen atoms in total. The molecule has 31 heavy (non-hydrogen) atoms. The quantitative estimate of drug-likeness (QED) is 0.689.